The Kier molecular flexibility index (Phi) is 4.19. The Labute approximate surface area is 119 Å². The number of carbonyl (C=O) groups excluding carboxylic acids is 1. The standard InChI is InChI=1S/C12H10Cl2N4O/c1-7(19)15-11-4-5-12(18-17-11)16-10-6-8(13)2-3-9(10)14/h2-6H,1H3,(H,16,18)(H,15,17,19). The molecule has 19 heavy (non-hydrogen) atoms. The number of nitrogens with zero attached hydrogens (tertiary/aromatic N) is 2. The van der Waals surface area contributed by atoms with E-state index in [0.29, 0.717) is 27.4 Å². The van der Waals surface area contributed by atoms with E-state index in [2.05, 4.69) is 20.8 Å². The van der Waals surface area contributed by atoms with Crippen molar-refractivity contribution >= 4 is 46.4 Å². The molecular weight excluding hydrogens is 287 g/mol. The van der Waals surface area contributed by atoms with Crippen LogP contribution in [0.3, 0.4) is 0 Å². The number of halogens is 2. The summed E-state index contributed by atoms with van der Waals surface area (Å²) >= 11 is 11.9. The first-order valence-electron chi connectivity index (χ1n) is 5.38. The molecule has 0 fully saturated rings. The molecule has 0 saturated carbocycles. The maximum absolute atomic E-state index is 10.8. The van der Waals surface area contributed by atoms with Gasteiger partial charge in [0.1, 0.15) is 0 Å². The summed E-state index contributed by atoms with van der Waals surface area (Å²) in [5.74, 6) is 0.682. The molecule has 0 atom stereocenters. The number of nitrogens with one attached hydrogen (secondary N) is 2. The highest BCUT2D eigenvalue weighted by molar-refractivity contribution is 6.35. The summed E-state index contributed by atoms with van der Waals surface area (Å²) in [5.41, 5.74) is 0.635. The van der Waals surface area contributed by atoms with Crippen LogP contribution in [0.1, 0.15) is 6.92 Å². The lowest BCUT2D eigenvalue weighted by atomic mass is 10.3. The molecule has 0 aliphatic rings. The van der Waals surface area contributed by atoms with Gasteiger partial charge < -0.3 is 10.6 Å². The molecule has 2 N–H and O–H groups in total. The van der Waals surface area contributed by atoms with E-state index in [1.807, 2.05) is 0 Å². The van der Waals surface area contributed by atoms with Crippen LogP contribution < -0.4 is 10.6 Å². The van der Waals surface area contributed by atoms with Crippen LogP contribution >= 0.6 is 23.2 Å². The maximum atomic E-state index is 10.8. The van der Waals surface area contributed by atoms with Gasteiger partial charge in [0.15, 0.2) is 11.6 Å². The van der Waals surface area contributed by atoms with Gasteiger partial charge in [-0.3, -0.25) is 4.79 Å². The van der Waals surface area contributed by atoms with Crippen LogP contribution in [0.15, 0.2) is 30.3 Å². The Morgan fingerprint density at radius 1 is 1.11 bits per heavy atom. The largest absolute Gasteiger partial charge is 0.337 e. The van der Waals surface area contributed by atoms with Crippen LogP contribution in [0.5, 0.6) is 0 Å². The first-order chi connectivity index (χ1) is 9.04. The van der Waals surface area contributed by atoms with Crippen LogP contribution in [0.2, 0.25) is 10.0 Å². The fourth-order valence-corrected chi connectivity index (χ4v) is 1.71. The number of rotatable bonds is 3. The van der Waals surface area contributed by atoms with Crippen molar-refractivity contribution in [2.75, 3.05) is 10.6 Å². The quantitative estimate of drug-likeness (QED) is 0.910. The predicted molar refractivity (Wildman–Crippen MR) is 76.1 cm³/mol. The first kappa shape index (κ1) is 13.6. The van der Waals surface area contributed by atoms with Gasteiger partial charge in [0, 0.05) is 11.9 Å². The molecule has 1 heterocycles. The summed E-state index contributed by atoms with van der Waals surface area (Å²) in [6, 6.07) is 8.38. The molecule has 0 bridgehead atoms. The van der Waals surface area contributed by atoms with Gasteiger partial charge >= 0.3 is 0 Å². The highest BCUT2D eigenvalue weighted by Gasteiger charge is 2.04. The molecule has 98 valence electrons. The van der Waals surface area contributed by atoms with Crippen molar-refractivity contribution in [3.8, 4) is 0 Å². The molecule has 1 amide bonds. The molecule has 1 aromatic carbocycles. The third-order valence-corrected chi connectivity index (χ3v) is 2.72. The van der Waals surface area contributed by atoms with E-state index in [0.717, 1.165) is 0 Å². The second-order valence-corrected chi connectivity index (χ2v) is 4.58. The fourth-order valence-electron chi connectivity index (χ4n) is 1.38. The van der Waals surface area contributed by atoms with Crippen LogP contribution in [0.4, 0.5) is 17.3 Å². The third-order valence-electron chi connectivity index (χ3n) is 2.16. The molecule has 2 rings (SSSR count). The predicted octanol–water partition coefficient (Wildman–Crippen LogP) is 3.49. The lowest BCUT2D eigenvalue weighted by molar-refractivity contribution is -0.114. The lowest BCUT2D eigenvalue weighted by Gasteiger charge is -2.08. The Morgan fingerprint density at radius 2 is 1.79 bits per heavy atom. The minimum atomic E-state index is -0.201. The van der Waals surface area contributed by atoms with E-state index >= 15 is 0 Å². The third kappa shape index (κ3) is 3.81. The smallest absolute Gasteiger partial charge is 0.222 e. The molecule has 2 aromatic rings. The number of carbonyl (C=O) groups is 1. The number of amides is 1. The van der Waals surface area contributed by atoms with E-state index in [-0.39, 0.29) is 5.91 Å². The van der Waals surface area contributed by atoms with Crippen molar-refractivity contribution in [2.45, 2.75) is 6.92 Å². The molecule has 0 radical (unpaired) electrons. The normalized spacial score (nSPS) is 10.1. The van der Waals surface area contributed by atoms with Crippen molar-refractivity contribution in [1.29, 1.82) is 0 Å². The molecule has 1 aromatic heterocycles. The zero-order valence-corrected chi connectivity index (χ0v) is 11.5. The van der Waals surface area contributed by atoms with Crippen LogP contribution in [-0.2, 0) is 4.79 Å². The fraction of sp³-hybridized carbons (Fsp3) is 0.0833. The highest BCUT2D eigenvalue weighted by atomic mass is 35.5. The average Bonchev–Trinajstić information content (AvgIpc) is 2.35. The molecule has 5 nitrogen and oxygen atoms in total. The van der Waals surface area contributed by atoms with Crippen molar-refractivity contribution in [3.05, 3.63) is 40.4 Å². The van der Waals surface area contributed by atoms with Gasteiger partial charge in [0.2, 0.25) is 5.91 Å². The van der Waals surface area contributed by atoms with Gasteiger partial charge in [0.05, 0.1) is 10.7 Å². The van der Waals surface area contributed by atoms with Gasteiger partial charge in [0.25, 0.3) is 0 Å². The average molecular weight is 297 g/mol. The van der Waals surface area contributed by atoms with Crippen molar-refractivity contribution < 1.29 is 4.79 Å². The van der Waals surface area contributed by atoms with Crippen molar-refractivity contribution in [2.24, 2.45) is 0 Å². The summed E-state index contributed by atoms with van der Waals surface area (Å²) in [6.07, 6.45) is 0. The van der Waals surface area contributed by atoms with Gasteiger partial charge in [-0.25, -0.2) is 0 Å². The van der Waals surface area contributed by atoms with Crippen molar-refractivity contribution in [3.63, 3.8) is 0 Å². The monoisotopic (exact) mass is 296 g/mol. The second kappa shape index (κ2) is 5.86. The van der Waals surface area contributed by atoms with E-state index < -0.39 is 0 Å². The van der Waals surface area contributed by atoms with Gasteiger partial charge in [-0.1, -0.05) is 23.2 Å². The number of hydrogen-bond donors (Lipinski definition) is 2. The number of benzene rings is 1. The summed E-state index contributed by atoms with van der Waals surface area (Å²) < 4.78 is 0. The molecule has 0 unspecified atom stereocenters. The van der Waals surface area contributed by atoms with Crippen LogP contribution in [0, 0.1) is 0 Å². The first-order valence-corrected chi connectivity index (χ1v) is 6.13. The van der Waals surface area contributed by atoms with E-state index in [9.17, 15) is 4.79 Å². The highest BCUT2D eigenvalue weighted by Crippen LogP contribution is 2.27. The molecule has 0 spiro atoms. The Morgan fingerprint density at radius 3 is 2.42 bits per heavy atom. The van der Waals surface area contributed by atoms with Gasteiger partial charge in [-0.2, -0.15) is 0 Å². The number of anilines is 3. The number of hydrogen-bond acceptors (Lipinski definition) is 4. The van der Waals surface area contributed by atoms with Gasteiger partial charge in [-0.15, -0.1) is 10.2 Å². The summed E-state index contributed by atoms with van der Waals surface area (Å²) in [5, 5.41) is 14.4. The minimum Gasteiger partial charge on any atom is -0.337 e. The molecule has 0 aliphatic carbocycles. The van der Waals surface area contributed by atoms with Crippen molar-refractivity contribution in [1.82, 2.24) is 10.2 Å². The molecule has 0 aliphatic heterocycles. The Hall–Kier alpha value is -1.85. The van der Waals surface area contributed by atoms with E-state index in [1.54, 1.807) is 30.3 Å². The zero-order valence-electron chi connectivity index (χ0n) is 9.95. The van der Waals surface area contributed by atoms with E-state index in [4.69, 9.17) is 23.2 Å². The summed E-state index contributed by atoms with van der Waals surface area (Å²) in [6.45, 7) is 1.40. The number of aromatic nitrogens is 2. The summed E-state index contributed by atoms with van der Waals surface area (Å²) in [7, 11) is 0. The SMILES string of the molecule is CC(=O)Nc1ccc(Nc2cc(Cl)ccc2Cl)nn1. The lowest BCUT2D eigenvalue weighted by Crippen LogP contribution is -2.08. The van der Waals surface area contributed by atoms with Crippen LogP contribution in [0.25, 0.3) is 0 Å². The van der Waals surface area contributed by atoms with Crippen LogP contribution in [-0.4, -0.2) is 16.1 Å². The second-order valence-electron chi connectivity index (χ2n) is 3.73. The molecule has 7 heteroatoms. The van der Waals surface area contributed by atoms with Gasteiger partial charge in [-0.05, 0) is 30.3 Å². The molecule has 0 saturated heterocycles. The zero-order chi connectivity index (χ0) is 13.8. The topological polar surface area (TPSA) is 66.9 Å². The Balaban J connectivity index is 2.15. The Bertz CT molecular complexity index is 601. The van der Waals surface area contributed by atoms with E-state index in [1.165, 1.54) is 6.92 Å². The summed E-state index contributed by atoms with van der Waals surface area (Å²) in [4.78, 5) is 10.8. The molecular formula is C12H10Cl2N4O. The maximum Gasteiger partial charge on any atom is 0.222 e. The minimum absolute atomic E-state index is 0.201.